The van der Waals surface area contributed by atoms with Crippen molar-refractivity contribution in [3.8, 4) is 12.0 Å². The fourth-order valence-corrected chi connectivity index (χ4v) is 0.971. The van der Waals surface area contributed by atoms with Crippen LogP contribution in [0.25, 0.3) is 0 Å². The van der Waals surface area contributed by atoms with Gasteiger partial charge in [0.05, 0.1) is 7.11 Å². The van der Waals surface area contributed by atoms with Crippen molar-refractivity contribution in [1.29, 1.82) is 0 Å². The van der Waals surface area contributed by atoms with Crippen LogP contribution in [0.4, 0.5) is 32.3 Å². The third-order valence-corrected chi connectivity index (χ3v) is 1.72. The molecular weight excluding hydrogens is 300 g/mol. The van der Waals surface area contributed by atoms with Gasteiger partial charge in [0.15, 0.2) is 0 Å². The lowest BCUT2D eigenvalue weighted by Gasteiger charge is -2.22. The van der Waals surface area contributed by atoms with E-state index < -0.39 is 36.4 Å². The molecule has 0 aliphatic heterocycles. The molecule has 0 saturated heterocycles. The Bertz CT molecular complexity index is 428. The second-order valence-corrected chi connectivity index (χ2v) is 3.15. The first-order chi connectivity index (χ1) is 9.07. The number of nitrogens with one attached hydrogen (secondary N) is 1. The van der Waals surface area contributed by atoms with Gasteiger partial charge in [-0.15, -0.1) is 4.98 Å². The molecule has 0 amide bonds. The molecule has 0 atom stereocenters. The number of methoxy groups -OCH3 is 1. The number of alkyl halides is 6. The SMILES string of the molecule is COc1nc(NN)nc(OC(C(F)(F)F)C(F)(F)F)n1. The summed E-state index contributed by atoms with van der Waals surface area (Å²) in [4.78, 5) is 9.59. The highest BCUT2D eigenvalue weighted by Gasteiger charge is 2.59. The normalized spacial score (nSPS) is 12.4. The highest BCUT2D eigenvalue weighted by Crippen LogP contribution is 2.35. The monoisotopic (exact) mass is 307 g/mol. The first-order valence-corrected chi connectivity index (χ1v) is 4.64. The number of nitrogen functional groups attached to an aromatic ring is 1. The predicted octanol–water partition coefficient (Wildman–Crippen LogP) is 1.04. The number of anilines is 1. The van der Waals surface area contributed by atoms with Gasteiger partial charge < -0.3 is 9.47 Å². The molecule has 0 unspecified atom stereocenters. The molecule has 13 heteroatoms. The van der Waals surface area contributed by atoms with E-state index in [4.69, 9.17) is 5.84 Å². The summed E-state index contributed by atoms with van der Waals surface area (Å²) >= 11 is 0. The largest absolute Gasteiger partial charge is 0.467 e. The number of hydrazine groups is 1. The van der Waals surface area contributed by atoms with Crippen LogP contribution < -0.4 is 20.7 Å². The fraction of sp³-hybridized carbons (Fsp3) is 0.571. The van der Waals surface area contributed by atoms with Crippen LogP contribution in [-0.2, 0) is 0 Å². The van der Waals surface area contributed by atoms with Crippen molar-refractivity contribution >= 4 is 5.95 Å². The molecule has 0 bridgehead atoms. The van der Waals surface area contributed by atoms with Crippen LogP contribution in [0.5, 0.6) is 12.0 Å². The van der Waals surface area contributed by atoms with Crippen LogP contribution in [0, 0.1) is 0 Å². The van der Waals surface area contributed by atoms with Crippen molar-refractivity contribution in [2.24, 2.45) is 5.84 Å². The highest BCUT2D eigenvalue weighted by molar-refractivity contribution is 5.25. The third-order valence-electron chi connectivity index (χ3n) is 1.72. The van der Waals surface area contributed by atoms with Crippen LogP contribution in [0.1, 0.15) is 0 Å². The maximum atomic E-state index is 12.3. The zero-order valence-electron chi connectivity index (χ0n) is 9.58. The number of aromatic nitrogens is 3. The van der Waals surface area contributed by atoms with E-state index in [1.807, 2.05) is 5.43 Å². The van der Waals surface area contributed by atoms with Gasteiger partial charge in [-0.3, -0.25) is 5.43 Å². The Kier molecular flexibility index (Phi) is 4.42. The van der Waals surface area contributed by atoms with Gasteiger partial charge in [0.25, 0.3) is 6.10 Å². The summed E-state index contributed by atoms with van der Waals surface area (Å²) in [7, 11) is 1.03. The van der Waals surface area contributed by atoms with E-state index in [-0.39, 0.29) is 0 Å². The van der Waals surface area contributed by atoms with Crippen molar-refractivity contribution in [3.63, 3.8) is 0 Å². The molecule has 1 heterocycles. The van der Waals surface area contributed by atoms with Gasteiger partial charge in [-0.25, -0.2) is 5.84 Å². The Morgan fingerprint density at radius 3 is 1.90 bits per heavy atom. The van der Waals surface area contributed by atoms with Gasteiger partial charge in [0.2, 0.25) is 5.95 Å². The van der Waals surface area contributed by atoms with Gasteiger partial charge in [0, 0.05) is 0 Å². The van der Waals surface area contributed by atoms with Gasteiger partial charge in [-0.1, -0.05) is 0 Å². The van der Waals surface area contributed by atoms with Crippen LogP contribution in [0.2, 0.25) is 0 Å². The topological polar surface area (TPSA) is 95.2 Å². The Balaban J connectivity index is 3.11. The summed E-state index contributed by atoms with van der Waals surface area (Å²) < 4.78 is 81.9. The molecule has 0 saturated carbocycles. The number of nitrogens with two attached hydrogens (primary N) is 1. The summed E-state index contributed by atoms with van der Waals surface area (Å²) in [5.41, 5.74) is 1.81. The summed E-state index contributed by atoms with van der Waals surface area (Å²) in [5, 5.41) is 0. The number of ether oxygens (including phenoxy) is 2. The molecule has 1 aromatic rings. The Hall–Kier alpha value is -2.05. The van der Waals surface area contributed by atoms with Crippen LogP contribution >= 0.6 is 0 Å². The number of rotatable bonds is 4. The Morgan fingerprint density at radius 1 is 1.00 bits per heavy atom. The van der Waals surface area contributed by atoms with Crippen LogP contribution in [0.15, 0.2) is 0 Å². The van der Waals surface area contributed by atoms with Gasteiger partial charge in [-0.05, 0) is 0 Å². The second kappa shape index (κ2) is 5.52. The van der Waals surface area contributed by atoms with Gasteiger partial charge >= 0.3 is 24.4 Å². The lowest BCUT2D eigenvalue weighted by Crippen LogP contribution is -2.46. The quantitative estimate of drug-likeness (QED) is 0.487. The summed E-state index contributed by atoms with van der Waals surface area (Å²) in [5.74, 6) is 4.35. The van der Waals surface area contributed by atoms with E-state index in [1.165, 1.54) is 0 Å². The lowest BCUT2D eigenvalue weighted by atomic mass is 10.3. The zero-order chi connectivity index (χ0) is 15.6. The van der Waals surface area contributed by atoms with E-state index in [1.54, 1.807) is 0 Å². The molecule has 114 valence electrons. The molecule has 3 N–H and O–H groups in total. The first kappa shape index (κ1) is 16.0. The van der Waals surface area contributed by atoms with Crippen molar-refractivity contribution in [2.45, 2.75) is 18.5 Å². The average molecular weight is 307 g/mol. The van der Waals surface area contributed by atoms with Crippen molar-refractivity contribution in [3.05, 3.63) is 0 Å². The van der Waals surface area contributed by atoms with E-state index in [9.17, 15) is 26.3 Å². The predicted molar refractivity (Wildman–Crippen MR) is 50.7 cm³/mol. The van der Waals surface area contributed by atoms with Crippen molar-refractivity contribution < 1.29 is 35.8 Å². The van der Waals surface area contributed by atoms with Gasteiger partial charge in [-0.2, -0.15) is 36.3 Å². The molecule has 7 nitrogen and oxygen atoms in total. The molecule has 0 aliphatic carbocycles. The highest BCUT2D eigenvalue weighted by atomic mass is 19.4. The number of hydrogen-bond acceptors (Lipinski definition) is 7. The second-order valence-electron chi connectivity index (χ2n) is 3.15. The van der Waals surface area contributed by atoms with E-state index in [0.29, 0.717) is 0 Å². The van der Waals surface area contributed by atoms with Crippen LogP contribution in [-0.4, -0.2) is 40.5 Å². The number of nitrogens with zero attached hydrogens (tertiary/aromatic N) is 3. The molecule has 1 rings (SSSR count). The molecule has 0 spiro atoms. The molecule has 0 radical (unpaired) electrons. The van der Waals surface area contributed by atoms with E-state index in [2.05, 4.69) is 24.4 Å². The Morgan fingerprint density at radius 2 is 1.50 bits per heavy atom. The third kappa shape index (κ3) is 3.97. The van der Waals surface area contributed by atoms with Crippen molar-refractivity contribution in [2.75, 3.05) is 12.5 Å². The molecule has 0 aliphatic rings. The lowest BCUT2D eigenvalue weighted by molar-refractivity contribution is -0.301. The number of halogens is 6. The molecule has 20 heavy (non-hydrogen) atoms. The summed E-state index contributed by atoms with van der Waals surface area (Å²) in [6.45, 7) is 0. The maximum absolute atomic E-state index is 12.3. The summed E-state index contributed by atoms with van der Waals surface area (Å²) in [6.07, 6.45) is -15.5. The molecule has 0 fully saturated rings. The molecule has 1 aromatic heterocycles. The standard InChI is InChI=1S/C7H7F6N5O2/c1-19-4-15-3(18-14)16-5(17-4)20-2(6(8,9)10)7(11,12)13/h2H,14H2,1H3,(H,15,16,17,18). The minimum Gasteiger partial charge on any atom is -0.467 e. The zero-order valence-corrected chi connectivity index (χ0v) is 9.58. The molecule has 0 aromatic carbocycles. The van der Waals surface area contributed by atoms with E-state index >= 15 is 0 Å². The summed E-state index contributed by atoms with van der Waals surface area (Å²) in [6, 6.07) is -1.82. The van der Waals surface area contributed by atoms with Gasteiger partial charge in [0.1, 0.15) is 0 Å². The minimum absolute atomic E-state index is 0.532. The average Bonchev–Trinajstić information content (AvgIpc) is 2.32. The smallest absolute Gasteiger partial charge is 0.434 e. The Labute approximate surface area is 107 Å². The van der Waals surface area contributed by atoms with E-state index in [0.717, 1.165) is 7.11 Å². The minimum atomic E-state index is -5.70. The number of hydrogen-bond donors (Lipinski definition) is 2. The van der Waals surface area contributed by atoms with Crippen LogP contribution in [0.3, 0.4) is 0 Å². The molecular formula is C7H7F6N5O2. The maximum Gasteiger partial charge on any atom is 0.434 e. The van der Waals surface area contributed by atoms with Crippen molar-refractivity contribution in [1.82, 2.24) is 15.0 Å². The first-order valence-electron chi connectivity index (χ1n) is 4.64. The fourth-order valence-electron chi connectivity index (χ4n) is 0.971.